The fourth-order valence-electron chi connectivity index (χ4n) is 3.95. The van der Waals surface area contributed by atoms with Crippen LogP contribution in [0, 0.1) is 0 Å². The minimum absolute atomic E-state index is 0.0110. The van der Waals surface area contributed by atoms with Crippen molar-refractivity contribution in [1.29, 1.82) is 0 Å². The zero-order valence-corrected chi connectivity index (χ0v) is 22.1. The molecule has 0 fully saturated rings. The van der Waals surface area contributed by atoms with Crippen molar-refractivity contribution in [2.24, 2.45) is 11.5 Å². The molecule has 5 atom stereocenters. The predicted molar refractivity (Wildman–Crippen MR) is 146 cm³/mol. The Bertz CT molecular complexity index is 1070. The average molecular weight is 542 g/mol. The number of nitrogens with one attached hydrogen (secondary N) is 3. The van der Waals surface area contributed by atoms with Crippen LogP contribution in [-0.4, -0.2) is 70.7 Å². The van der Waals surface area contributed by atoms with E-state index < -0.39 is 54.0 Å². The number of nitrogens with two attached hydrogens (primary N) is 2. The number of unbranched alkanes of at least 4 members (excludes halogenated alkanes) is 1. The van der Waals surface area contributed by atoms with Crippen LogP contribution >= 0.6 is 0 Å². The Hall–Kier alpha value is -3.80. The van der Waals surface area contributed by atoms with Gasteiger partial charge in [-0.2, -0.15) is 0 Å². The van der Waals surface area contributed by atoms with E-state index in [-0.39, 0.29) is 12.8 Å². The van der Waals surface area contributed by atoms with Gasteiger partial charge < -0.3 is 37.6 Å². The molecule has 0 aliphatic carbocycles. The zero-order chi connectivity index (χ0) is 28.8. The molecule has 3 amide bonds. The highest BCUT2D eigenvalue weighted by molar-refractivity contribution is 5.94. The molecule has 9 N–H and O–H groups in total. The van der Waals surface area contributed by atoms with Gasteiger partial charge in [0.2, 0.25) is 17.7 Å². The van der Waals surface area contributed by atoms with Gasteiger partial charge in [-0.05, 0) is 37.4 Å². The Morgan fingerprint density at radius 1 is 0.769 bits per heavy atom. The summed E-state index contributed by atoms with van der Waals surface area (Å²) in [6.45, 7) is 1.78. The van der Waals surface area contributed by atoms with Gasteiger partial charge in [0.1, 0.15) is 18.1 Å². The second kappa shape index (κ2) is 16.2. The number of aliphatic hydroxyl groups is 1. The molecule has 0 aliphatic rings. The molecule has 0 aliphatic heterocycles. The van der Waals surface area contributed by atoms with Crippen LogP contribution in [0.2, 0.25) is 0 Å². The van der Waals surface area contributed by atoms with Crippen molar-refractivity contribution >= 4 is 23.7 Å². The fraction of sp³-hybridized carbons (Fsp3) is 0.429. The first-order valence-corrected chi connectivity index (χ1v) is 13.0. The standard InChI is InChI=1S/C28H39N5O6/c1-18(34)24(27(37)32-23(28(38)39)17-20-12-6-3-7-13-20)33-26(36)22(16-19-10-4-2-5-11-19)31-25(35)21(30)14-8-9-15-29/h2-7,10-13,18,21-24,34H,8-9,14-17,29-30H2,1H3,(H,31,35)(H,32,37)(H,33,36)(H,38,39). The van der Waals surface area contributed by atoms with Crippen molar-refractivity contribution in [3.63, 3.8) is 0 Å². The van der Waals surface area contributed by atoms with Crippen molar-refractivity contribution in [3.05, 3.63) is 71.8 Å². The third-order valence-electron chi connectivity index (χ3n) is 6.18. The largest absolute Gasteiger partial charge is 0.480 e. The number of carbonyl (C=O) groups excluding carboxylic acids is 3. The van der Waals surface area contributed by atoms with Crippen LogP contribution in [0.3, 0.4) is 0 Å². The molecular weight excluding hydrogens is 502 g/mol. The monoisotopic (exact) mass is 541 g/mol. The number of benzene rings is 2. The molecular formula is C28H39N5O6. The zero-order valence-electron chi connectivity index (χ0n) is 22.1. The molecule has 39 heavy (non-hydrogen) atoms. The summed E-state index contributed by atoms with van der Waals surface area (Å²) in [4.78, 5) is 50.9. The van der Waals surface area contributed by atoms with Crippen molar-refractivity contribution in [2.75, 3.05) is 6.54 Å². The lowest BCUT2D eigenvalue weighted by molar-refractivity contribution is -0.143. The van der Waals surface area contributed by atoms with Gasteiger partial charge in [0, 0.05) is 12.8 Å². The molecule has 0 heterocycles. The second-order valence-corrected chi connectivity index (χ2v) is 9.46. The molecule has 0 saturated heterocycles. The lowest BCUT2D eigenvalue weighted by atomic mass is 10.0. The summed E-state index contributed by atoms with van der Waals surface area (Å²) in [7, 11) is 0. The van der Waals surface area contributed by atoms with Gasteiger partial charge in [-0.3, -0.25) is 14.4 Å². The van der Waals surface area contributed by atoms with Crippen molar-refractivity contribution in [2.45, 2.75) is 69.3 Å². The number of carboxylic acids is 1. The number of aliphatic hydroxyl groups excluding tert-OH is 1. The highest BCUT2D eigenvalue weighted by Crippen LogP contribution is 2.08. The van der Waals surface area contributed by atoms with E-state index in [0.717, 1.165) is 5.56 Å². The van der Waals surface area contributed by atoms with Gasteiger partial charge >= 0.3 is 5.97 Å². The topological polar surface area (TPSA) is 197 Å². The number of aliphatic carboxylic acids is 1. The van der Waals surface area contributed by atoms with Crippen molar-refractivity contribution < 1.29 is 29.4 Å². The number of amides is 3. The average Bonchev–Trinajstić information content (AvgIpc) is 2.91. The van der Waals surface area contributed by atoms with Crippen LogP contribution in [0.5, 0.6) is 0 Å². The maximum absolute atomic E-state index is 13.3. The second-order valence-electron chi connectivity index (χ2n) is 9.46. The number of rotatable bonds is 16. The predicted octanol–water partition coefficient (Wildman–Crippen LogP) is -0.152. The van der Waals surface area contributed by atoms with Crippen LogP contribution in [0.1, 0.15) is 37.3 Å². The highest BCUT2D eigenvalue weighted by Gasteiger charge is 2.33. The van der Waals surface area contributed by atoms with Crippen LogP contribution in [0.25, 0.3) is 0 Å². The number of hydrogen-bond donors (Lipinski definition) is 7. The van der Waals surface area contributed by atoms with E-state index in [0.29, 0.717) is 31.4 Å². The van der Waals surface area contributed by atoms with E-state index in [4.69, 9.17) is 11.5 Å². The summed E-state index contributed by atoms with van der Waals surface area (Å²) in [5, 5.41) is 27.5. The van der Waals surface area contributed by atoms with Crippen LogP contribution in [-0.2, 0) is 32.0 Å². The molecule has 0 bridgehead atoms. The quantitative estimate of drug-likeness (QED) is 0.142. The fourth-order valence-corrected chi connectivity index (χ4v) is 3.95. The first-order valence-electron chi connectivity index (χ1n) is 13.0. The van der Waals surface area contributed by atoms with Gasteiger partial charge in [0.15, 0.2) is 0 Å². The third-order valence-corrected chi connectivity index (χ3v) is 6.18. The first-order chi connectivity index (χ1) is 18.6. The van der Waals surface area contributed by atoms with Gasteiger partial charge in [0.05, 0.1) is 12.1 Å². The molecule has 0 radical (unpaired) electrons. The van der Waals surface area contributed by atoms with E-state index >= 15 is 0 Å². The normalized spacial score (nSPS) is 14.8. The third kappa shape index (κ3) is 10.8. The lowest BCUT2D eigenvalue weighted by Gasteiger charge is -2.26. The van der Waals surface area contributed by atoms with Crippen LogP contribution in [0.15, 0.2) is 60.7 Å². The SMILES string of the molecule is CC(O)C(NC(=O)C(Cc1ccccc1)NC(=O)C(N)CCCCN)C(=O)NC(Cc1ccccc1)C(=O)O. The molecule has 0 aromatic heterocycles. The van der Waals surface area contributed by atoms with Gasteiger partial charge in [-0.25, -0.2) is 4.79 Å². The molecule has 212 valence electrons. The van der Waals surface area contributed by atoms with Gasteiger partial charge in [-0.1, -0.05) is 67.1 Å². The van der Waals surface area contributed by atoms with E-state index in [2.05, 4.69) is 16.0 Å². The molecule has 11 nitrogen and oxygen atoms in total. The van der Waals surface area contributed by atoms with Crippen LogP contribution < -0.4 is 27.4 Å². The van der Waals surface area contributed by atoms with E-state index in [9.17, 15) is 29.4 Å². The van der Waals surface area contributed by atoms with E-state index in [1.807, 2.05) is 6.07 Å². The van der Waals surface area contributed by atoms with Gasteiger partial charge in [-0.15, -0.1) is 0 Å². The highest BCUT2D eigenvalue weighted by atomic mass is 16.4. The molecule has 11 heteroatoms. The molecule has 2 rings (SSSR count). The van der Waals surface area contributed by atoms with Gasteiger partial charge in [0.25, 0.3) is 0 Å². The lowest BCUT2D eigenvalue weighted by Crippen LogP contribution is -2.60. The van der Waals surface area contributed by atoms with Crippen molar-refractivity contribution in [1.82, 2.24) is 16.0 Å². The number of carboxylic acid groups (broad SMARTS) is 1. The maximum Gasteiger partial charge on any atom is 0.326 e. The Balaban J connectivity index is 2.16. The minimum Gasteiger partial charge on any atom is -0.480 e. The summed E-state index contributed by atoms with van der Waals surface area (Å²) < 4.78 is 0. The molecule has 0 saturated carbocycles. The number of hydrogen-bond acceptors (Lipinski definition) is 7. The Labute approximate surface area is 228 Å². The minimum atomic E-state index is -1.47. The Morgan fingerprint density at radius 3 is 1.77 bits per heavy atom. The Morgan fingerprint density at radius 2 is 1.28 bits per heavy atom. The summed E-state index contributed by atoms with van der Waals surface area (Å²) in [6, 6.07) is 13.0. The smallest absolute Gasteiger partial charge is 0.326 e. The van der Waals surface area contributed by atoms with Crippen LogP contribution in [0.4, 0.5) is 0 Å². The molecule has 0 spiro atoms. The summed E-state index contributed by atoms with van der Waals surface area (Å²) in [5.41, 5.74) is 12.9. The maximum atomic E-state index is 13.3. The molecule has 2 aromatic carbocycles. The number of carbonyl (C=O) groups is 4. The Kier molecular flexibility index (Phi) is 13.1. The molecule has 5 unspecified atom stereocenters. The summed E-state index contributed by atoms with van der Waals surface area (Å²) >= 11 is 0. The van der Waals surface area contributed by atoms with E-state index in [1.165, 1.54) is 6.92 Å². The summed E-state index contributed by atoms with van der Waals surface area (Å²) in [6.07, 6.45) is 0.511. The summed E-state index contributed by atoms with van der Waals surface area (Å²) in [5.74, 6) is -3.39. The first kappa shape index (κ1) is 31.4. The van der Waals surface area contributed by atoms with E-state index in [1.54, 1.807) is 54.6 Å². The van der Waals surface area contributed by atoms with Crippen molar-refractivity contribution in [3.8, 4) is 0 Å². The molecule has 2 aromatic rings.